The highest BCUT2D eigenvalue weighted by molar-refractivity contribution is 5.02. The quantitative estimate of drug-likeness (QED) is 0.474. The molecule has 0 bridgehead atoms. The third-order valence-electron chi connectivity index (χ3n) is 1.16. The van der Waals surface area contributed by atoms with Crippen LogP contribution in [-0.2, 0) is 11.3 Å². The highest BCUT2D eigenvalue weighted by Crippen LogP contribution is 1.94. The van der Waals surface area contributed by atoms with Gasteiger partial charge >= 0.3 is 0 Å². The van der Waals surface area contributed by atoms with Crippen molar-refractivity contribution in [2.24, 2.45) is 0 Å². The zero-order valence-electron chi connectivity index (χ0n) is 6.16. The number of hydrogen-bond acceptors (Lipinski definition) is 2. The number of terminal acetylenes is 1. The third-order valence-corrected chi connectivity index (χ3v) is 1.16. The Morgan fingerprint density at radius 2 is 2.45 bits per heavy atom. The Labute approximate surface area is 66.2 Å². The molecule has 2 nitrogen and oxygen atoms in total. The van der Waals surface area contributed by atoms with Crippen molar-refractivity contribution in [1.82, 2.24) is 4.98 Å². The van der Waals surface area contributed by atoms with Gasteiger partial charge in [-0.25, -0.2) is 0 Å². The van der Waals surface area contributed by atoms with E-state index in [0.29, 0.717) is 13.2 Å². The predicted octanol–water partition coefficient (Wildman–Crippen LogP) is 1.23. The van der Waals surface area contributed by atoms with Gasteiger partial charge in [0.2, 0.25) is 0 Å². The van der Waals surface area contributed by atoms with E-state index in [-0.39, 0.29) is 0 Å². The maximum Gasteiger partial charge on any atom is 0.107 e. The number of hydrogen-bond donors (Lipinski definition) is 0. The van der Waals surface area contributed by atoms with Gasteiger partial charge in [-0.05, 0) is 12.1 Å². The number of nitrogens with zero attached hydrogens (tertiary/aromatic N) is 1. The molecular weight excluding hydrogens is 138 g/mol. The summed E-state index contributed by atoms with van der Waals surface area (Å²) in [5.41, 5.74) is 0.905. The molecule has 0 atom stereocenters. The van der Waals surface area contributed by atoms with Crippen LogP contribution in [0.25, 0.3) is 0 Å². The van der Waals surface area contributed by atoms with Crippen LogP contribution in [0.2, 0.25) is 0 Å². The number of pyridine rings is 1. The molecule has 11 heavy (non-hydrogen) atoms. The van der Waals surface area contributed by atoms with Crippen LogP contribution in [-0.4, -0.2) is 11.6 Å². The molecule has 2 heteroatoms. The fourth-order valence-corrected chi connectivity index (χ4v) is 0.698. The van der Waals surface area contributed by atoms with Gasteiger partial charge in [0.15, 0.2) is 0 Å². The lowest BCUT2D eigenvalue weighted by molar-refractivity contribution is 0.150. The Hall–Kier alpha value is -1.33. The second-order valence-corrected chi connectivity index (χ2v) is 2.02. The van der Waals surface area contributed by atoms with E-state index >= 15 is 0 Å². The summed E-state index contributed by atoms with van der Waals surface area (Å²) in [5, 5.41) is 0. The summed E-state index contributed by atoms with van der Waals surface area (Å²) >= 11 is 0. The van der Waals surface area contributed by atoms with E-state index in [1.165, 1.54) is 0 Å². The van der Waals surface area contributed by atoms with Gasteiger partial charge in [0.05, 0.1) is 12.3 Å². The van der Waals surface area contributed by atoms with Gasteiger partial charge in [-0.3, -0.25) is 4.98 Å². The molecule has 0 unspecified atom stereocenters. The van der Waals surface area contributed by atoms with E-state index < -0.39 is 0 Å². The Kier molecular flexibility index (Phi) is 3.17. The lowest BCUT2D eigenvalue weighted by Crippen LogP contribution is -1.94. The molecule has 0 aliphatic heterocycles. The van der Waals surface area contributed by atoms with Gasteiger partial charge in [-0.15, -0.1) is 6.42 Å². The molecule has 0 aromatic carbocycles. The SMILES string of the molecule is C#CCOCc1ccccn1. The van der Waals surface area contributed by atoms with E-state index in [2.05, 4.69) is 10.9 Å². The Morgan fingerprint density at radius 3 is 3.09 bits per heavy atom. The molecule has 1 rings (SSSR count). The summed E-state index contributed by atoms with van der Waals surface area (Å²) in [6, 6.07) is 5.68. The molecule has 0 spiro atoms. The zero-order valence-corrected chi connectivity index (χ0v) is 6.16. The Balaban J connectivity index is 2.35. The fourth-order valence-electron chi connectivity index (χ4n) is 0.698. The molecule has 0 saturated carbocycles. The van der Waals surface area contributed by atoms with Crippen molar-refractivity contribution in [2.75, 3.05) is 6.61 Å². The molecule has 0 radical (unpaired) electrons. The monoisotopic (exact) mass is 147 g/mol. The summed E-state index contributed by atoms with van der Waals surface area (Å²) in [4.78, 5) is 4.06. The van der Waals surface area contributed by atoms with Crippen LogP contribution in [0.3, 0.4) is 0 Å². The molecular formula is C9H9NO. The molecule has 1 aromatic heterocycles. The molecule has 56 valence electrons. The average Bonchev–Trinajstić information content (AvgIpc) is 2.07. The average molecular weight is 147 g/mol. The third kappa shape index (κ3) is 2.83. The Bertz CT molecular complexity index is 237. The molecule has 0 amide bonds. The molecule has 1 heterocycles. The van der Waals surface area contributed by atoms with Crippen molar-refractivity contribution in [1.29, 1.82) is 0 Å². The van der Waals surface area contributed by atoms with E-state index in [0.717, 1.165) is 5.69 Å². The summed E-state index contributed by atoms with van der Waals surface area (Å²) < 4.78 is 5.07. The smallest absolute Gasteiger partial charge is 0.107 e. The minimum absolute atomic E-state index is 0.344. The zero-order chi connectivity index (χ0) is 7.94. The van der Waals surface area contributed by atoms with Gasteiger partial charge in [-0.1, -0.05) is 12.0 Å². The highest BCUT2D eigenvalue weighted by atomic mass is 16.5. The highest BCUT2D eigenvalue weighted by Gasteiger charge is 1.89. The largest absolute Gasteiger partial charge is 0.363 e. The van der Waals surface area contributed by atoms with Crippen molar-refractivity contribution < 1.29 is 4.74 Å². The maximum atomic E-state index is 5.07. The predicted molar refractivity (Wildman–Crippen MR) is 42.7 cm³/mol. The van der Waals surface area contributed by atoms with Crippen LogP contribution in [0.15, 0.2) is 24.4 Å². The van der Waals surface area contributed by atoms with Gasteiger partial charge in [0.1, 0.15) is 6.61 Å². The van der Waals surface area contributed by atoms with E-state index in [9.17, 15) is 0 Å². The minimum Gasteiger partial charge on any atom is -0.363 e. The molecule has 0 fully saturated rings. The van der Waals surface area contributed by atoms with Gasteiger partial charge in [0, 0.05) is 6.20 Å². The van der Waals surface area contributed by atoms with Crippen LogP contribution in [0.5, 0.6) is 0 Å². The second-order valence-electron chi connectivity index (χ2n) is 2.02. The summed E-state index contributed by atoms with van der Waals surface area (Å²) in [5.74, 6) is 2.39. The first kappa shape index (κ1) is 7.77. The molecule has 0 N–H and O–H groups in total. The van der Waals surface area contributed by atoms with Gasteiger partial charge < -0.3 is 4.74 Å². The first-order valence-corrected chi connectivity index (χ1v) is 3.34. The van der Waals surface area contributed by atoms with Gasteiger partial charge in [0.25, 0.3) is 0 Å². The van der Waals surface area contributed by atoms with Crippen LogP contribution in [0.4, 0.5) is 0 Å². The first-order valence-electron chi connectivity index (χ1n) is 3.34. The second kappa shape index (κ2) is 4.48. The number of rotatable bonds is 3. The lowest BCUT2D eigenvalue weighted by Gasteiger charge is -1.97. The number of aromatic nitrogens is 1. The van der Waals surface area contributed by atoms with Crippen molar-refractivity contribution in [3.8, 4) is 12.3 Å². The molecule has 0 aliphatic rings. The van der Waals surface area contributed by atoms with Crippen LogP contribution >= 0.6 is 0 Å². The first-order chi connectivity index (χ1) is 5.43. The lowest BCUT2D eigenvalue weighted by atomic mass is 10.4. The molecule has 0 saturated heterocycles. The summed E-state index contributed by atoms with van der Waals surface area (Å²) in [6.07, 6.45) is 6.73. The standard InChI is InChI=1S/C9H9NO/c1-2-7-11-8-9-5-3-4-6-10-9/h1,3-6H,7-8H2. The number of ether oxygens (including phenoxy) is 1. The van der Waals surface area contributed by atoms with Crippen LogP contribution in [0.1, 0.15) is 5.69 Å². The Morgan fingerprint density at radius 1 is 1.55 bits per heavy atom. The fraction of sp³-hybridized carbons (Fsp3) is 0.222. The minimum atomic E-state index is 0.344. The van der Waals surface area contributed by atoms with E-state index in [1.54, 1.807) is 6.20 Å². The van der Waals surface area contributed by atoms with E-state index in [4.69, 9.17) is 11.2 Å². The summed E-state index contributed by atoms with van der Waals surface area (Å²) in [7, 11) is 0. The molecule has 0 aliphatic carbocycles. The van der Waals surface area contributed by atoms with Crippen LogP contribution in [0, 0.1) is 12.3 Å². The van der Waals surface area contributed by atoms with Crippen LogP contribution < -0.4 is 0 Å². The van der Waals surface area contributed by atoms with Crippen molar-refractivity contribution >= 4 is 0 Å². The maximum absolute atomic E-state index is 5.07. The van der Waals surface area contributed by atoms with Crippen molar-refractivity contribution in [3.05, 3.63) is 30.1 Å². The van der Waals surface area contributed by atoms with Crippen molar-refractivity contribution in [3.63, 3.8) is 0 Å². The topological polar surface area (TPSA) is 22.1 Å². The van der Waals surface area contributed by atoms with Crippen molar-refractivity contribution in [2.45, 2.75) is 6.61 Å². The van der Waals surface area contributed by atoms with Gasteiger partial charge in [-0.2, -0.15) is 0 Å². The van der Waals surface area contributed by atoms with E-state index in [1.807, 2.05) is 18.2 Å². The summed E-state index contributed by atoms with van der Waals surface area (Å²) in [6.45, 7) is 0.835. The normalized spacial score (nSPS) is 9.00. The molecule has 1 aromatic rings.